The van der Waals surface area contributed by atoms with Gasteiger partial charge in [0.2, 0.25) is 17.5 Å². The lowest BCUT2D eigenvalue weighted by Crippen LogP contribution is -2.54. The molecule has 3 aromatic rings. The van der Waals surface area contributed by atoms with Gasteiger partial charge < -0.3 is 24.5 Å². The first-order valence-electron chi connectivity index (χ1n) is 13.6. The number of aromatic nitrogens is 1. The number of ether oxygens (including phenoxy) is 3. The van der Waals surface area contributed by atoms with E-state index in [1.54, 1.807) is 13.8 Å². The van der Waals surface area contributed by atoms with Crippen molar-refractivity contribution >= 4 is 35.4 Å². The van der Waals surface area contributed by atoms with Crippen molar-refractivity contribution in [2.24, 2.45) is 0 Å². The van der Waals surface area contributed by atoms with E-state index >= 15 is 0 Å². The average Bonchev–Trinajstić information content (AvgIpc) is 3.14. The number of rotatable bonds is 5. The smallest absolute Gasteiger partial charge is 0.448 e. The Morgan fingerprint density at radius 3 is 2.41 bits per heavy atom. The molecule has 0 aliphatic carbocycles. The predicted octanol–water partition coefficient (Wildman–Crippen LogP) is 6.58. The normalized spacial score (nSPS) is 15.3. The van der Waals surface area contributed by atoms with Crippen molar-refractivity contribution in [3.63, 3.8) is 0 Å². The number of fused-ring (bicyclic) bond motifs is 3. The molecule has 14 heteroatoms. The molecule has 2 atom stereocenters. The van der Waals surface area contributed by atoms with E-state index < -0.39 is 60.2 Å². The van der Waals surface area contributed by atoms with Crippen LogP contribution in [0.2, 0.25) is 5.02 Å². The molecular formula is C30H31ClF3N3O6S. The second-order valence-corrected chi connectivity index (χ2v) is 11.6. The fourth-order valence-corrected chi connectivity index (χ4v) is 5.92. The lowest BCUT2D eigenvalue weighted by atomic mass is 10.0. The molecule has 0 bridgehead atoms. The molecule has 2 aliphatic heterocycles. The van der Waals surface area contributed by atoms with Gasteiger partial charge in [0.05, 0.1) is 6.10 Å². The van der Waals surface area contributed by atoms with Crippen molar-refractivity contribution in [2.75, 3.05) is 12.1 Å². The van der Waals surface area contributed by atoms with Crippen LogP contribution in [-0.4, -0.2) is 52.9 Å². The van der Waals surface area contributed by atoms with Gasteiger partial charge in [-0.25, -0.2) is 4.79 Å². The topological polar surface area (TPSA) is 99.1 Å². The summed E-state index contributed by atoms with van der Waals surface area (Å²) in [5.74, 6) is -0.636. The van der Waals surface area contributed by atoms with Gasteiger partial charge in [0.1, 0.15) is 12.7 Å². The van der Waals surface area contributed by atoms with Crippen LogP contribution >= 0.6 is 23.4 Å². The highest BCUT2D eigenvalue weighted by molar-refractivity contribution is 7.98. The van der Waals surface area contributed by atoms with Gasteiger partial charge in [-0.05, 0) is 56.0 Å². The Morgan fingerprint density at radius 1 is 1.00 bits per heavy atom. The largest absolute Gasteiger partial charge is 0.511 e. The summed E-state index contributed by atoms with van der Waals surface area (Å²) in [5.41, 5.74) is 5.44. The SMILES string of the molecule is CC(C)OC(=O)OC(C)Oc1c2n(ccc1=O)NCN([C@H](C)C(F)(F)F)C2=O.Clc1cccc2c1CSc1ccccc1C2. The zero-order valence-electron chi connectivity index (χ0n) is 24.3. The Hall–Kier alpha value is -3.84. The van der Waals surface area contributed by atoms with E-state index in [0.717, 1.165) is 34.9 Å². The van der Waals surface area contributed by atoms with Crippen molar-refractivity contribution in [2.45, 2.75) is 69.4 Å². The lowest BCUT2D eigenvalue weighted by molar-refractivity contribution is -0.172. The molecule has 0 spiro atoms. The van der Waals surface area contributed by atoms with E-state index in [-0.39, 0.29) is 0 Å². The summed E-state index contributed by atoms with van der Waals surface area (Å²) < 4.78 is 55.0. The molecule has 0 saturated heterocycles. The number of nitrogens with one attached hydrogen (secondary N) is 1. The lowest BCUT2D eigenvalue weighted by Gasteiger charge is -2.36. The van der Waals surface area contributed by atoms with Crippen LogP contribution in [0, 0.1) is 0 Å². The third-order valence-corrected chi connectivity index (χ3v) is 8.19. The second kappa shape index (κ2) is 13.9. The number of carbonyl (C=O) groups is 2. The summed E-state index contributed by atoms with van der Waals surface area (Å²) in [5, 5.41) is 0.901. The number of carbonyl (C=O) groups excluding carboxylic acids is 2. The molecule has 3 heterocycles. The monoisotopic (exact) mass is 653 g/mol. The summed E-state index contributed by atoms with van der Waals surface area (Å²) in [6.45, 7) is 4.84. The molecule has 2 aromatic carbocycles. The highest BCUT2D eigenvalue weighted by Gasteiger charge is 2.45. The Morgan fingerprint density at radius 2 is 1.70 bits per heavy atom. The van der Waals surface area contributed by atoms with E-state index in [4.69, 9.17) is 25.8 Å². The fraction of sp³-hybridized carbons (Fsp3) is 0.367. The summed E-state index contributed by atoms with van der Waals surface area (Å²) in [6.07, 6.45) is -5.33. The number of amides is 1. The van der Waals surface area contributed by atoms with Gasteiger partial charge in [0.15, 0.2) is 5.69 Å². The molecule has 236 valence electrons. The molecular weight excluding hydrogens is 623 g/mol. The first-order chi connectivity index (χ1) is 20.8. The molecule has 1 aromatic heterocycles. The number of halogens is 4. The summed E-state index contributed by atoms with van der Waals surface area (Å²) in [6, 6.07) is 13.8. The summed E-state index contributed by atoms with van der Waals surface area (Å²) in [7, 11) is 0. The average molecular weight is 654 g/mol. The van der Waals surface area contributed by atoms with Crippen LogP contribution in [0.15, 0.2) is 64.4 Å². The van der Waals surface area contributed by atoms with E-state index in [1.807, 2.05) is 23.9 Å². The zero-order chi connectivity index (χ0) is 32.2. The van der Waals surface area contributed by atoms with Gasteiger partial charge in [0.25, 0.3) is 5.91 Å². The summed E-state index contributed by atoms with van der Waals surface area (Å²) in [4.78, 5) is 38.2. The van der Waals surface area contributed by atoms with Crippen LogP contribution in [0.5, 0.6) is 5.75 Å². The van der Waals surface area contributed by atoms with Crippen LogP contribution in [0.4, 0.5) is 18.0 Å². The maximum atomic E-state index is 13.0. The van der Waals surface area contributed by atoms with E-state index in [2.05, 4.69) is 35.8 Å². The zero-order valence-corrected chi connectivity index (χ0v) is 25.9. The minimum atomic E-state index is -4.66. The first-order valence-corrected chi connectivity index (χ1v) is 15.0. The fourth-order valence-electron chi connectivity index (χ4n) is 4.44. The van der Waals surface area contributed by atoms with Crippen molar-refractivity contribution in [1.82, 2.24) is 9.58 Å². The van der Waals surface area contributed by atoms with Gasteiger partial charge >= 0.3 is 12.3 Å². The van der Waals surface area contributed by atoms with Crippen LogP contribution < -0.4 is 15.6 Å². The molecule has 2 aliphatic rings. The standard InChI is InChI=1S/C16H20F3N3O6.C14H11ClS/c1-8(2)26-15(25)28-10(4)27-13-11(23)5-6-22-12(13)14(24)21(7-20-22)9(3)16(17,18)19;15-13-6-3-5-10-8-11-4-1-2-7-14(11)16-9-12(10)13/h5-6,8-10,20H,7H2,1-4H3;1-7H,8-9H2/t9-,10?;/m1./s1. The second-order valence-electron chi connectivity index (χ2n) is 10.2. The van der Waals surface area contributed by atoms with Crippen molar-refractivity contribution in [1.29, 1.82) is 0 Å². The number of hydrogen-bond acceptors (Lipinski definition) is 8. The Kier molecular flexibility index (Phi) is 10.4. The third-order valence-electron chi connectivity index (χ3n) is 6.69. The Balaban J connectivity index is 0.000000231. The molecule has 0 fully saturated rings. The highest BCUT2D eigenvalue weighted by Crippen LogP contribution is 2.36. The van der Waals surface area contributed by atoms with Gasteiger partial charge in [0, 0.05) is 34.9 Å². The molecule has 5 rings (SSSR count). The summed E-state index contributed by atoms with van der Waals surface area (Å²) >= 11 is 8.13. The molecule has 44 heavy (non-hydrogen) atoms. The van der Waals surface area contributed by atoms with Crippen LogP contribution in [0.1, 0.15) is 54.9 Å². The number of pyridine rings is 1. The van der Waals surface area contributed by atoms with Crippen LogP contribution in [0.3, 0.4) is 0 Å². The molecule has 0 radical (unpaired) electrons. The molecule has 9 nitrogen and oxygen atoms in total. The van der Waals surface area contributed by atoms with E-state index in [1.165, 1.54) is 34.7 Å². The number of alkyl halides is 3. The third kappa shape index (κ3) is 7.81. The quantitative estimate of drug-likeness (QED) is 0.244. The van der Waals surface area contributed by atoms with Crippen molar-refractivity contribution in [3.05, 3.63) is 92.4 Å². The maximum absolute atomic E-state index is 13.0. The maximum Gasteiger partial charge on any atom is 0.511 e. The molecule has 0 saturated carbocycles. The molecule has 1 amide bonds. The van der Waals surface area contributed by atoms with E-state index in [0.29, 0.717) is 4.90 Å². The van der Waals surface area contributed by atoms with Gasteiger partial charge in [-0.2, -0.15) is 13.2 Å². The number of hydrogen-bond donors (Lipinski definition) is 1. The molecule has 1 N–H and O–H groups in total. The Bertz CT molecular complexity index is 1580. The van der Waals surface area contributed by atoms with Gasteiger partial charge in [-0.1, -0.05) is 41.9 Å². The number of thioether (sulfide) groups is 1. The minimum Gasteiger partial charge on any atom is -0.448 e. The Labute approximate surface area is 261 Å². The van der Waals surface area contributed by atoms with Crippen LogP contribution in [-0.2, 0) is 21.6 Å². The van der Waals surface area contributed by atoms with E-state index in [9.17, 15) is 27.6 Å². The predicted molar refractivity (Wildman–Crippen MR) is 160 cm³/mol. The van der Waals surface area contributed by atoms with Crippen molar-refractivity contribution < 1.29 is 37.0 Å². The van der Waals surface area contributed by atoms with Crippen LogP contribution in [0.25, 0.3) is 0 Å². The minimum absolute atomic E-state index is 0.429. The van der Waals surface area contributed by atoms with Gasteiger partial charge in [-0.3, -0.25) is 14.3 Å². The highest BCUT2D eigenvalue weighted by atomic mass is 35.5. The molecule has 1 unspecified atom stereocenters. The first kappa shape index (κ1) is 33.1. The van der Waals surface area contributed by atoms with Gasteiger partial charge in [-0.15, -0.1) is 11.8 Å². The number of benzene rings is 2. The van der Waals surface area contributed by atoms with Crippen molar-refractivity contribution in [3.8, 4) is 5.75 Å². The number of nitrogens with zero attached hydrogens (tertiary/aromatic N) is 2.